The largest absolute Gasteiger partial charge is 0.495 e. The average molecular weight is 421 g/mol. The lowest BCUT2D eigenvalue weighted by atomic mass is 10.1. The van der Waals surface area contributed by atoms with Crippen LogP contribution in [0, 0.1) is 5.82 Å². The number of anilines is 1. The van der Waals surface area contributed by atoms with Gasteiger partial charge in [0.15, 0.2) is 0 Å². The molecule has 0 aromatic heterocycles. The Morgan fingerprint density at radius 2 is 1.83 bits per heavy atom. The summed E-state index contributed by atoms with van der Waals surface area (Å²) >= 11 is 0. The molecule has 3 rings (SSSR count). The number of carbonyl (C=O) groups excluding carboxylic acids is 1. The minimum atomic E-state index is -3.84. The molecule has 0 heterocycles. The number of ether oxygens (including phenoxy) is 1. The summed E-state index contributed by atoms with van der Waals surface area (Å²) in [4.78, 5) is 14.5. The Kier molecular flexibility index (Phi) is 6.54. The van der Waals surface area contributed by atoms with E-state index in [4.69, 9.17) is 4.74 Å². The monoisotopic (exact) mass is 420 g/mol. The molecule has 0 saturated heterocycles. The Hall–Kier alpha value is -2.45. The van der Waals surface area contributed by atoms with Crippen molar-refractivity contribution in [3.05, 3.63) is 53.8 Å². The van der Waals surface area contributed by atoms with E-state index in [1.807, 2.05) is 0 Å². The highest BCUT2D eigenvalue weighted by molar-refractivity contribution is 7.89. The van der Waals surface area contributed by atoms with Gasteiger partial charge in [0.1, 0.15) is 16.5 Å². The smallest absolute Gasteiger partial charge is 0.258 e. The number of halogens is 1. The van der Waals surface area contributed by atoms with E-state index >= 15 is 0 Å². The van der Waals surface area contributed by atoms with Crippen molar-refractivity contribution in [2.24, 2.45) is 0 Å². The van der Waals surface area contributed by atoms with Gasteiger partial charge in [-0.05, 0) is 62.2 Å². The molecule has 29 heavy (non-hydrogen) atoms. The Labute approximate surface area is 170 Å². The van der Waals surface area contributed by atoms with Crippen molar-refractivity contribution in [3.8, 4) is 5.75 Å². The number of methoxy groups -OCH3 is 1. The molecular formula is C21H25FN2O4S. The fourth-order valence-electron chi connectivity index (χ4n) is 3.57. The van der Waals surface area contributed by atoms with Crippen molar-refractivity contribution in [2.45, 2.75) is 43.5 Å². The Balaban J connectivity index is 1.94. The van der Waals surface area contributed by atoms with Gasteiger partial charge in [-0.25, -0.2) is 17.5 Å². The molecule has 0 aliphatic heterocycles. The van der Waals surface area contributed by atoms with E-state index in [1.165, 1.54) is 54.5 Å². The summed E-state index contributed by atoms with van der Waals surface area (Å²) in [7, 11) is -2.45. The molecule has 1 saturated carbocycles. The Morgan fingerprint density at radius 3 is 2.41 bits per heavy atom. The first-order valence-electron chi connectivity index (χ1n) is 9.63. The third-order valence-electron chi connectivity index (χ3n) is 5.08. The molecule has 0 radical (unpaired) electrons. The third-order valence-corrected chi connectivity index (χ3v) is 6.62. The van der Waals surface area contributed by atoms with Crippen LogP contribution >= 0.6 is 0 Å². The van der Waals surface area contributed by atoms with E-state index in [1.54, 1.807) is 6.92 Å². The zero-order valence-corrected chi connectivity index (χ0v) is 17.3. The first kappa shape index (κ1) is 21.3. The second kappa shape index (κ2) is 8.92. The van der Waals surface area contributed by atoms with Crippen LogP contribution in [0.3, 0.4) is 0 Å². The average Bonchev–Trinajstić information content (AvgIpc) is 3.21. The van der Waals surface area contributed by atoms with Crippen LogP contribution in [0.15, 0.2) is 47.4 Å². The van der Waals surface area contributed by atoms with Crippen LogP contribution in [0.5, 0.6) is 5.75 Å². The number of sulfonamides is 1. The molecule has 156 valence electrons. The third kappa shape index (κ3) is 4.76. The predicted octanol–water partition coefficient (Wildman–Crippen LogP) is 3.72. The summed E-state index contributed by atoms with van der Waals surface area (Å²) in [6.45, 7) is 2.14. The van der Waals surface area contributed by atoms with Crippen molar-refractivity contribution in [1.29, 1.82) is 0 Å². The topological polar surface area (TPSA) is 75.7 Å². The number of benzene rings is 2. The first-order chi connectivity index (χ1) is 13.9. The maximum atomic E-state index is 13.2. The van der Waals surface area contributed by atoms with E-state index in [9.17, 15) is 17.6 Å². The lowest BCUT2D eigenvalue weighted by Gasteiger charge is -2.22. The highest BCUT2D eigenvalue weighted by Gasteiger charge is 2.27. The van der Waals surface area contributed by atoms with Crippen molar-refractivity contribution in [1.82, 2.24) is 4.72 Å². The molecule has 1 aliphatic carbocycles. The quantitative estimate of drug-likeness (QED) is 0.741. The standard InChI is InChI=1S/C21H25FN2O4S/c1-3-24(18-11-9-16(22)10-12-18)21(25)15-8-13-19(28-2)20(14-15)29(26,27)23-17-6-4-5-7-17/h8-14,17,23H,3-7H2,1-2H3. The summed E-state index contributed by atoms with van der Waals surface area (Å²) in [5.74, 6) is -0.593. The zero-order chi connectivity index (χ0) is 21.0. The van der Waals surface area contributed by atoms with E-state index in [0.717, 1.165) is 25.7 Å². The first-order valence-corrected chi connectivity index (χ1v) is 11.1. The van der Waals surface area contributed by atoms with E-state index in [2.05, 4.69) is 4.72 Å². The van der Waals surface area contributed by atoms with Crippen LogP contribution in [0.1, 0.15) is 43.0 Å². The van der Waals surface area contributed by atoms with Crippen molar-refractivity contribution >= 4 is 21.6 Å². The second-order valence-corrected chi connectivity index (χ2v) is 8.68. The van der Waals surface area contributed by atoms with E-state index in [0.29, 0.717) is 12.2 Å². The number of carbonyl (C=O) groups is 1. The lowest BCUT2D eigenvalue weighted by Crippen LogP contribution is -2.33. The summed E-state index contributed by atoms with van der Waals surface area (Å²) in [6.07, 6.45) is 3.58. The van der Waals surface area contributed by atoms with Gasteiger partial charge in [0.05, 0.1) is 7.11 Å². The number of hydrogen-bond acceptors (Lipinski definition) is 4. The molecular weight excluding hydrogens is 395 g/mol. The second-order valence-electron chi connectivity index (χ2n) is 6.99. The molecule has 6 nitrogen and oxygen atoms in total. The summed E-state index contributed by atoms with van der Waals surface area (Å²) in [5, 5.41) is 0. The molecule has 0 bridgehead atoms. The van der Waals surface area contributed by atoms with Gasteiger partial charge in [0.2, 0.25) is 10.0 Å². The zero-order valence-electron chi connectivity index (χ0n) is 16.5. The van der Waals surface area contributed by atoms with Gasteiger partial charge in [0.25, 0.3) is 5.91 Å². The molecule has 1 aliphatic rings. The normalized spacial score (nSPS) is 14.7. The SMILES string of the molecule is CCN(C(=O)c1ccc(OC)c(S(=O)(=O)NC2CCCC2)c1)c1ccc(F)cc1. The van der Waals surface area contributed by atoms with Crippen LogP contribution in [-0.4, -0.2) is 34.0 Å². The lowest BCUT2D eigenvalue weighted by molar-refractivity contribution is 0.0988. The highest BCUT2D eigenvalue weighted by Crippen LogP contribution is 2.28. The Morgan fingerprint density at radius 1 is 1.17 bits per heavy atom. The predicted molar refractivity (Wildman–Crippen MR) is 109 cm³/mol. The molecule has 1 fully saturated rings. The van der Waals surface area contributed by atoms with Crippen molar-refractivity contribution in [3.63, 3.8) is 0 Å². The van der Waals surface area contributed by atoms with Crippen LogP contribution in [0.2, 0.25) is 0 Å². The minimum Gasteiger partial charge on any atom is -0.495 e. The summed E-state index contributed by atoms with van der Waals surface area (Å²) < 4.78 is 47.0. The highest BCUT2D eigenvalue weighted by atomic mass is 32.2. The molecule has 0 spiro atoms. The van der Waals surface area contributed by atoms with Gasteiger partial charge in [-0.1, -0.05) is 12.8 Å². The van der Waals surface area contributed by atoms with Crippen molar-refractivity contribution in [2.75, 3.05) is 18.6 Å². The number of nitrogens with one attached hydrogen (secondary N) is 1. The fraction of sp³-hybridized carbons (Fsp3) is 0.381. The van der Waals surface area contributed by atoms with Gasteiger partial charge in [-0.2, -0.15) is 0 Å². The van der Waals surface area contributed by atoms with Crippen LogP contribution in [0.4, 0.5) is 10.1 Å². The summed E-state index contributed by atoms with van der Waals surface area (Å²) in [6, 6.07) is 9.83. The molecule has 1 amide bonds. The van der Waals surface area contributed by atoms with E-state index in [-0.39, 0.29) is 28.2 Å². The van der Waals surface area contributed by atoms with Crippen LogP contribution < -0.4 is 14.4 Å². The van der Waals surface area contributed by atoms with Crippen LogP contribution in [0.25, 0.3) is 0 Å². The molecule has 0 unspecified atom stereocenters. The number of amides is 1. The van der Waals surface area contributed by atoms with Gasteiger partial charge in [0, 0.05) is 23.8 Å². The number of rotatable bonds is 7. The van der Waals surface area contributed by atoms with Gasteiger partial charge in [-0.3, -0.25) is 4.79 Å². The molecule has 2 aromatic rings. The fourth-order valence-corrected chi connectivity index (χ4v) is 5.07. The number of nitrogens with zero attached hydrogens (tertiary/aromatic N) is 1. The maximum absolute atomic E-state index is 13.2. The molecule has 2 aromatic carbocycles. The molecule has 8 heteroatoms. The van der Waals surface area contributed by atoms with Gasteiger partial charge < -0.3 is 9.64 Å². The molecule has 0 atom stereocenters. The minimum absolute atomic E-state index is 0.0621. The maximum Gasteiger partial charge on any atom is 0.258 e. The molecule has 1 N–H and O–H groups in total. The summed E-state index contributed by atoms with van der Waals surface area (Å²) in [5.41, 5.74) is 0.743. The van der Waals surface area contributed by atoms with E-state index < -0.39 is 15.8 Å². The van der Waals surface area contributed by atoms with Gasteiger partial charge >= 0.3 is 0 Å². The van der Waals surface area contributed by atoms with Crippen molar-refractivity contribution < 1.29 is 22.3 Å². The van der Waals surface area contributed by atoms with Crippen LogP contribution in [-0.2, 0) is 10.0 Å². The van der Waals surface area contributed by atoms with Gasteiger partial charge in [-0.15, -0.1) is 0 Å². The number of hydrogen-bond donors (Lipinski definition) is 1. The Bertz CT molecular complexity index is 971.